The van der Waals surface area contributed by atoms with E-state index in [1.54, 1.807) is 56.6 Å². The van der Waals surface area contributed by atoms with Crippen LogP contribution in [-0.4, -0.2) is 40.5 Å². The molecule has 5 rings (SSSR count). The number of amides is 1. The molecule has 1 fully saturated rings. The molecule has 10 heteroatoms. The Morgan fingerprint density at radius 1 is 1.21 bits per heavy atom. The molecule has 1 N–H and O–H groups in total. The molecule has 0 unspecified atom stereocenters. The van der Waals surface area contributed by atoms with E-state index in [1.165, 1.54) is 0 Å². The lowest BCUT2D eigenvalue weighted by molar-refractivity contribution is 0.130. The maximum absolute atomic E-state index is 13.3. The molecule has 0 bridgehead atoms. The minimum absolute atomic E-state index is 0.0564. The number of carbonyl (C=O) groups excluding carboxylic acids is 1. The molecule has 4 aromatic rings. The van der Waals surface area contributed by atoms with Gasteiger partial charge in [0.1, 0.15) is 11.9 Å². The van der Waals surface area contributed by atoms with Crippen LogP contribution in [0.4, 0.5) is 10.5 Å². The summed E-state index contributed by atoms with van der Waals surface area (Å²) in [5, 5.41) is 13.6. The van der Waals surface area contributed by atoms with E-state index in [2.05, 4.69) is 20.9 Å². The van der Waals surface area contributed by atoms with E-state index in [0.717, 1.165) is 41.4 Å². The Hall–Kier alpha value is -4.10. The molecule has 0 aliphatic heterocycles. The monoisotopic (exact) mass is 545 g/mol. The predicted molar refractivity (Wildman–Crippen MR) is 149 cm³/mol. The quantitative estimate of drug-likeness (QED) is 0.307. The fourth-order valence-corrected chi connectivity index (χ4v) is 6.21. The topological polar surface area (TPSA) is 119 Å². The number of carbonyl (C=O) groups is 1. The summed E-state index contributed by atoms with van der Waals surface area (Å²) in [6.45, 7) is 3.56. The van der Waals surface area contributed by atoms with Gasteiger partial charge in [-0.3, -0.25) is 5.32 Å². The number of fused-ring (bicyclic) bond motifs is 1. The van der Waals surface area contributed by atoms with Crippen molar-refractivity contribution in [1.82, 2.24) is 14.1 Å². The molecule has 0 radical (unpaired) electrons. The van der Waals surface area contributed by atoms with Gasteiger partial charge < -0.3 is 13.9 Å². The second kappa shape index (κ2) is 10.6. The molecule has 0 saturated heterocycles. The summed E-state index contributed by atoms with van der Waals surface area (Å²) in [6, 6.07) is 14.9. The van der Waals surface area contributed by atoms with Crippen molar-refractivity contribution in [2.24, 2.45) is 7.05 Å². The average molecular weight is 546 g/mol. The Morgan fingerprint density at radius 2 is 1.95 bits per heavy atom. The second-order valence-corrected chi connectivity index (χ2v) is 12.3. The summed E-state index contributed by atoms with van der Waals surface area (Å²) >= 11 is 0. The van der Waals surface area contributed by atoms with Gasteiger partial charge in [0, 0.05) is 43.0 Å². The molecule has 0 spiro atoms. The normalized spacial score (nSPS) is 13.8. The lowest BCUT2D eigenvalue weighted by Gasteiger charge is -2.30. The van der Waals surface area contributed by atoms with Crippen molar-refractivity contribution in [3.63, 3.8) is 0 Å². The molecule has 2 aromatic carbocycles. The molecule has 9 nitrogen and oxygen atoms in total. The molecule has 39 heavy (non-hydrogen) atoms. The molecule has 2 heterocycles. The highest BCUT2D eigenvalue weighted by atomic mass is 32.2. The molecular formula is C29H31N5O4S. The fourth-order valence-electron chi connectivity index (χ4n) is 4.96. The third kappa shape index (κ3) is 5.27. The van der Waals surface area contributed by atoms with Gasteiger partial charge in [-0.25, -0.2) is 18.2 Å². The lowest BCUT2D eigenvalue weighted by atomic mass is 9.92. The zero-order valence-electron chi connectivity index (χ0n) is 22.2. The van der Waals surface area contributed by atoms with Crippen molar-refractivity contribution in [2.75, 3.05) is 11.1 Å². The van der Waals surface area contributed by atoms with Gasteiger partial charge in [-0.1, -0.05) is 18.2 Å². The van der Waals surface area contributed by atoms with Crippen LogP contribution in [0.1, 0.15) is 50.5 Å². The van der Waals surface area contributed by atoms with Crippen LogP contribution in [0.15, 0.2) is 59.8 Å². The summed E-state index contributed by atoms with van der Waals surface area (Å²) in [5.74, 6) is 0.654. The Bertz CT molecular complexity index is 1670. The van der Waals surface area contributed by atoms with Crippen LogP contribution in [0.3, 0.4) is 0 Å². The van der Waals surface area contributed by atoms with Crippen molar-refractivity contribution in [3.8, 4) is 17.3 Å². The van der Waals surface area contributed by atoms with E-state index in [4.69, 9.17) is 4.74 Å². The number of ether oxygens (including phenoxy) is 1. The van der Waals surface area contributed by atoms with E-state index in [-0.39, 0.29) is 22.8 Å². The molecule has 2 aromatic heterocycles. The minimum Gasteiger partial charge on any atom is -0.447 e. The van der Waals surface area contributed by atoms with Crippen molar-refractivity contribution in [2.45, 2.75) is 56.6 Å². The Balaban J connectivity index is 1.53. The summed E-state index contributed by atoms with van der Waals surface area (Å²) in [7, 11) is -1.73. The SMILES string of the molecule is CC(C)OC(=O)Nc1ccc(-c2c(C#N)c3ccc(S(=O)(=O)CCc4nccn4C)cc3n2C2CCC2)cc1. The maximum atomic E-state index is 13.3. The van der Waals surface area contributed by atoms with Crippen molar-refractivity contribution >= 4 is 32.5 Å². The molecule has 1 aliphatic rings. The second-order valence-electron chi connectivity index (χ2n) is 10.1. The molecule has 0 atom stereocenters. The van der Waals surface area contributed by atoms with Crippen LogP contribution < -0.4 is 5.32 Å². The molecule has 202 valence electrons. The van der Waals surface area contributed by atoms with Gasteiger partial charge in [0.05, 0.1) is 33.5 Å². The number of nitrogens with one attached hydrogen (secondary N) is 1. The van der Waals surface area contributed by atoms with Crippen LogP contribution in [-0.2, 0) is 28.0 Å². The Kier molecular flexibility index (Phi) is 7.19. The average Bonchev–Trinajstić information content (AvgIpc) is 3.42. The van der Waals surface area contributed by atoms with E-state index in [0.29, 0.717) is 23.5 Å². The van der Waals surface area contributed by atoms with Gasteiger partial charge in [0.15, 0.2) is 9.84 Å². The number of rotatable bonds is 8. The van der Waals surface area contributed by atoms with Gasteiger partial charge in [-0.05, 0) is 62.9 Å². The lowest BCUT2D eigenvalue weighted by Crippen LogP contribution is -2.18. The summed E-state index contributed by atoms with van der Waals surface area (Å²) in [5.41, 5.74) is 3.41. The van der Waals surface area contributed by atoms with Crippen LogP contribution >= 0.6 is 0 Å². The van der Waals surface area contributed by atoms with Gasteiger partial charge >= 0.3 is 6.09 Å². The third-order valence-corrected chi connectivity index (χ3v) is 8.86. The first-order chi connectivity index (χ1) is 18.7. The number of nitrogens with zero attached hydrogens (tertiary/aromatic N) is 4. The highest BCUT2D eigenvalue weighted by molar-refractivity contribution is 7.91. The van der Waals surface area contributed by atoms with Crippen LogP contribution in [0.2, 0.25) is 0 Å². The van der Waals surface area contributed by atoms with E-state index in [1.807, 2.05) is 23.7 Å². The number of hydrogen-bond donors (Lipinski definition) is 1. The maximum Gasteiger partial charge on any atom is 0.411 e. The summed E-state index contributed by atoms with van der Waals surface area (Å²) in [6.07, 6.45) is 5.99. The largest absolute Gasteiger partial charge is 0.447 e. The van der Waals surface area contributed by atoms with E-state index in [9.17, 15) is 18.5 Å². The number of aryl methyl sites for hydroxylation is 2. The van der Waals surface area contributed by atoms with Crippen LogP contribution in [0.5, 0.6) is 0 Å². The van der Waals surface area contributed by atoms with Crippen LogP contribution in [0, 0.1) is 11.3 Å². The first kappa shape index (κ1) is 26.5. The van der Waals surface area contributed by atoms with Crippen molar-refractivity contribution < 1.29 is 17.9 Å². The summed E-state index contributed by atoms with van der Waals surface area (Å²) < 4.78 is 35.7. The molecule has 1 aliphatic carbocycles. The van der Waals surface area contributed by atoms with Crippen molar-refractivity contribution in [3.05, 3.63) is 66.2 Å². The highest BCUT2D eigenvalue weighted by Gasteiger charge is 2.29. The fraction of sp³-hybridized carbons (Fsp3) is 0.345. The molecular weight excluding hydrogens is 514 g/mol. The number of imidazole rings is 1. The predicted octanol–water partition coefficient (Wildman–Crippen LogP) is 5.61. The van der Waals surface area contributed by atoms with Gasteiger partial charge in [-0.2, -0.15) is 5.26 Å². The standard InChI is InChI=1S/C29H31N5O4S/c1-19(2)38-29(35)32-21-9-7-20(8-10-21)28-25(18-30)24-12-11-23(17-26(24)34(28)22-5-4-6-22)39(36,37)16-13-27-31-14-15-33(27)3/h7-12,14-15,17,19,22H,4-6,13,16H2,1-3H3,(H,32,35). The van der Waals surface area contributed by atoms with Gasteiger partial charge in [0.25, 0.3) is 0 Å². The summed E-state index contributed by atoms with van der Waals surface area (Å²) in [4.78, 5) is 16.5. The first-order valence-electron chi connectivity index (χ1n) is 13.0. The van der Waals surface area contributed by atoms with E-state index >= 15 is 0 Å². The van der Waals surface area contributed by atoms with Crippen molar-refractivity contribution in [1.29, 1.82) is 5.26 Å². The number of nitriles is 1. The highest BCUT2D eigenvalue weighted by Crippen LogP contribution is 2.43. The molecule has 1 amide bonds. The number of anilines is 1. The number of hydrogen-bond acceptors (Lipinski definition) is 6. The smallest absolute Gasteiger partial charge is 0.411 e. The van der Waals surface area contributed by atoms with Gasteiger partial charge in [0.2, 0.25) is 0 Å². The Morgan fingerprint density at radius 3 is 2.54 bits per heavy atom. The third-order valence-electron chi connectivity index (χ3n) is 7.15. The Labute approximate surface area is 228 Å². The first-order valence-corrected chi connectivity index (χ1v) is 14.7. The zero-order chi connectivity index (χ0) is 27.7. The number of sulfone groups is 1. The number of benzene rings is 2. The van der Waals surface area contributed by atoms with E-state index < -0.39 is 15.9 Å². The molecule has 1 saturated carbocycles. The van der Waals surface area contributed by atoms with Gasteiger partial charge in [-0.15, -0.1) is 0 Å². The number of aromatic nitrogens is 3. The minimum atomic E-state index is -3.58. The zero-order valence-corrected chi connectivity index (χ0v) is 23.0. The van der Waals surface area contributed by atoms with Crippen LogP contribution in [0.25, 0.3) is 22.2 Å².